The molecular formula is C21H26N2O4S. The number of hydrogen-bond acceptors (Lipinski definition) is 4. The van der Waals surface area contributed by atoms with E-state index in [9.17, 15) is 13.2 Å². The number of ether oxygens (including phenoxy) is 1. The molecule has 3 rings (SSSR count). The second-order valence-corrected chi connectivity index (χ2v) is 9.04. The van der Waals surface area contributed by atoms with Crippen molar-refractivity contribution in [2.75, 3.05) is 13.2 Å². The molecule has 0 fully saturated rings. The average molecular weight is 403 g/mol. The van der Waals surface area contributed by atoms with Crippen molar-refractivity contribution < 1.29 is 17.9 Å². The van der Waals surface area contributed by atoms with Gasteiger partial charge in [-0.25, -0.2) is 13.1 Å². The first-order valence-electron chi connectivity index (χ1n) is 9.36. The Labute approximate surface area is 166 Å². The van der Waals surface area contributed by atoms with E-state index < -0.39 is 10.0 Å². The Morgan fingerprint density at radius 3 is 2.57 bits per heavy atom. The highest BCUT2D eigenvalue weighted by Crippen LogP contribution is 2.23. The Hall–Kier alpha value is -2.38. The number of carbonyl (C=O) groups is 1. The SMILES string of the molecule is Cc1cc(S(=O)(=O)NC(C)C)ccc1OCC(=O)N1CCc2ccccc2C1. The first-order chi connectivity index (χ1) is 13.3. The van der Waals surface area contributed by atoms with Gasteiger partial charge in [0.2, 0.25) is 10.0 Å². The lowest BCUT2D eigenvalue weighted by Gasteiger charge is -2.28. The van der Waals surface area contributed by atoms with Gasteiger partial charge in [0.25, 0.3) is 5.91 Å². The molecule has 0 unspecified atom stereocenters. The number of benzene rings is 2. The molecule has 0 saturated carbocycles. The van der Waals surface area contributed by atoms with Crippen molar-refractivity contribution in [3.8, 4) is 5.75 Å². The molecule has 1 N–H and O–H groups in total. The van der Waals surface area contributed by atoms with E-state index in [0.29, 0.717) is 24.4 Å². The number of fused-ring (bicyclic) bond motifs is 1. The molecule has 1 heterocycles. The van der Waals surface area contributed by atoms with Crippen molar-refractivity contribution >= 4 is 15.9 Å². The van der Waals surface area contributed by atoms with Gasteiger partial charge in [0.1, 0.15) is 5.75 Å². The van der Waals surface area contributed by atoms with E-state index in [1.807, 2.05) is 18.2 Å². The minimum atomic E-state index is -3.56. The van der Waals surface area contributed by atoms with Gasteiger partial charge < -0.3 is 9.64 Å². The molecule has 0 atom stereocenters. The van der Waals surface area contributed by atoms with E-state index in [0.717, 1.165) is 6.42 Å². The number of amides is 1. The summed E-state index contributed by atoms with van der Waals surface area (Å²) in [5.74, 6) is 0.432. The molecule has 0 aromatic heterocycles. The number of sulfonamides is 1. The van der Waals surface area contributed by atoms with Gasteiger partial charge in [-0.2, -0.15) is 0 Å². The van der Waals surface area contributed by atoms with Gasteiger partial charge in [0.15, 0.2) is 6.61 Å². The molecule has 150 valence electrons. The van der Waals surface area contributed by atoms with E-state index in [2.05, 4.69) is 10.8 Å². The van der Waals surface area contributed by atoms with Crippen LogP contribution in [0.5, 0.6) is 5.75 Å². The van der Waals surface area contributed by atoms with Crippen LogP contribution >= 0.6 is 0 Å². The highest BCUT2D eigenvalue weighted by Gasteiger charge is 2.21. The fraction of sp³-hybridized carbons (Fsp3) is 0.381. The fourth-order valence-electron chi connectivity index (χ4n) is 3.27. The largest absolute Gasteiger partial charge is 0.483 e. The normalized spacial score (nSPS) is 14.1. The summed E-state index contributed by atoms with van der Waals surface area (Å²) in [6.07, 6.45) is 0.844. The Morgan fingerprint density at radius 1 is 1.18 bits per heavy atom. The Morgan fingerprint density at radius 2 is 1.89 bits per heavy atom. The van der Waals surface area contributed by atoms with Gasteiger partial charge in [0, 0.05) is 19.1 Å². The number of hydrogen-bond donors (Lipinski definition) is 1. The maximum Gasteiger partial charge on any atom is 0.260 e. The smallest absolute Gasteiger partial charge is 0.260 e. The third-order valence-electron chi connectivity index (χ3n) is 4.68. The molecule has 0 bridgehead atoms. The highest BCUT2D eigenvalue weighted by molar-refractivity contribution is 7.89. The minimum Gasteiger partial charge on any atom is -0.483 e. The van der Waals surface area contributed by atoms with E-state index in [1.165, 1.54) is 17.2 Å². The quantitative estimate of drug-likeness (QED) is 0.806. The molecule has 1 aliphatic rings. The lowest BCUT2D eigenvalue weighted by Crippen LogP contribution is -2.38. The molecular weight excluding hydrogens is 376 g/mol. The van der Waals surface area contributed by atoms with Gasteiger partial charge in [-0.05, 0) is 62.1 Å². The predicted molar refractivity (Wildman–Crippen MR) is 108 cm³/mol. The van der Waals surface area contributed by atoms with Crippen molar-refractivity contribution in [2.45, 2.75) is 44.7 Å². The summed E-state index contributed by atoms with van der Waals surface area (Å²) in [6.45, 7) is 6.51. The maximum atomic E-state index is 12.5. The second kappa shape index (κ2) is 8.32. The van der Waals surface area contributed by atoms with E-state index in [1.54, 1.807) is 37.8 Å². The van der Waals surface area contributed by atoms with Crippen molar-refractivity contribution in [3.63, 3.8) is 0 Å². The Bertz CT molecular complexity index is 970. The number of aryl methyl sites for hydroxylation is 1. The monoisotopic (exact) mass is 402 g/mol. The molecule has 2 aromatic carbocycles. The lowest BCUT2D eigenvalue weighted by atomic mass is 10.00. The molecule has 1 aliphatic heterocycles. The van der Waals surface area contributed by atoms with Gasteiger partial charge >= 0.3 is 0 Å². The molecule has 1 amide bonds. The van der Waals surface area contributed by atoms with Gasteiger partial charge in [0.05, 0.1) is 4.90 Å². The summed E-state index contributed by atoms with van der Waals surface area (Å²) in [5.41, 5.74) is 3.13. The van der Waals surface area contributed by atoms with Gasteiger partial charge in [-0.15, -0.1) is 0 Å². The summed E-state index contributed by atoms with van der Waals surface area (Å²) in [5, 5.41) is 0. The number of nitrogens with one attached hydrogen (secondary N) is 1. The summed E-state index contributed by atoms with van der Waals surface area (Å²) in [7, 11) is -3.56. The first-order valence-corrected chi connectivity index (χ1v) is 10.8. The highest BCUT2D eigenvalue weighted by atomic mass is 32.2. The van der Waals surface area contributed by atoms with Crippen molar-refractivity contribution in [2.24, 2.45) is 0 Å². The van der Waals surface area contributed by atoms with Gasteiger partial charge in [-0.3, -0.25) is 4.79 Å². The number of rotatable bonds is 6. The van der Waals surface area contributed by atoms with Crippen LogP contribution in [0, 0.1) is 6.92 Å². The topological polar surface area (TPSA) is 75.7 Å². The summed E-state index contributed by atoms with van der Waals surface area (Å²) in [4.78, 5) is 14.5. The van der Waals surface area contributed by atoms with Crippen LogP contribution in [-0.4, -0.2) is 38.4 Å². The van der Waals surface area contributed by atoms with E-state index in [4.69, 9.17) is 4.74 Å². The third-order valence-corrected chi connectivity index (χ3v) is 6.34. The lowest BCUT2D eigenvalue weighted by molar-refractivity contribution is -0.134. The zero-order chi connectivity index (χ0) is 20.3. The van der Waals surface area contributed by atoms with Gasteiger partial charge in [-0.1, -0.05) is 24.3 Å². The zero-order valence-electron chi connectivity index (χ0n) is 16.4. The summed E-state index contributed by atoms with van der Waals surface area (Å²) in [6, 6.07) is 12.6. The predicted octanol–water partition coefficient (Wildman–Crippen LogP) is 2.65. The van der Waals surface area contributed by atoms with Crippen molar-refractivity contribution in [1.29, 1.82) is 0 Å². The average Bonchev–Trinajstić information content (AvgIpc) is 2.65. The number of carbonyl (C=O) groups excluding carboxylic acids is 1. The zero-order valence-corrected chi connectivity index (χ0v) is 17.3. The van der Waals surface area contributed by atoms with E-state index >= 15 is 0 Å². The van der Waals surface area contributed by atoms with Crippen LogP contribution in [-0.2, 0) is 27.8 Å². The van der Waals surface area contributed by atoms with Crippen LogP contribution in [0.3, 0.4) is 0 Å². The van der Waals surface area contributed by atoms with E-state index in [-0.39, 0.29) is 23.5 Å². The van der Waals surface area contributed by atoms with Crippen LogP contribution in [0.2, 0.25) is 0 Å². The number of nitrogens with zero attached hydrogens (tertiary/aromatic N) is 1. The van der Waals surface area contributed by atoms with Crippen LogP contribution in [0.1, 0.15) is 30.5 Å². The molecule has 0 saturated heterocycles. The Balaban J connectivity index is 1.63. The maximum absolute atomic E-state index is 12.5. The molecule has 2 aromatic rings. The second-order valence-electron chi connectivity index (χ2n) is 7.33. The summed E-state index contributed by atoms with van der Waals surface area (Å²) >= 11 is 0. The first kappa shape index (κ1) is 20.4. The van der Waals surface area contributed by atoms with Crippen LogP contribution in [0.4, 0.5) is 0 Å². The van der Waals surface area contributed by atoms with Crippen LogP contribution < -0.4 is 9.46 Å². The van der Waals surface area contributed by atoms with Crippen LogP contribution in [0.25, 0.3) is 0 Å². The fourth-order valence-corrected chi connectivity index (χ4v) is 4.60. The molecule has 7 heteroatoms. The molecule has 28 heavy (non-hydrogen) atoms. The molecule has 0 radical (unpaired) electrons. The standard InChI is InChI=1S/C21H26N2O4S/c1-15(2)22-28(25,26)19-8-9-20(16(3)12-19)27-14-21(24)23-11-10-17-6-4-5-7-18(17)13-23/h4-9,12,15,22H,10-11,13-14H2,1-3H3. The molecule has 0 aliphatic carbocycles. The molecule has 6 nitrogen and oxygen atoms in total. The summed E-state index contributed by atoms with van der Waals surface area (Å²) < 4.78 is 32.8. The van der Waals surface area contributed by atoms with Crippen molar-refractivity contribution in [1.82, 2.24) is 9.62 Å². The molecule has 0 spiro atoms. The third kappa shape index (κ3) is 4.72. The Kier molecular flexibility index (Phi) is 6.05. The minimum absolute atomic E-state index is 0.0701. The van der Waals surface area contributed by atoms with Crippen molar-refractivity contribution in [3.05, 3.63) is 59.2 Å². The van der Waals surface area contributed by atoms with Crippen LogP contribution in [0.15, 0.2) is 47.4 Å².